The number of fused-ring (bicyclic) bond motifs is 1. The van der Waals surface area contributed by atoms with Gasteiger partial charge < -0.3 is 14.8 Å². The zero-order valence-corrected chi connectivity index (χ0v) is 20.1. The zero-order chi connectivity index (χ0) is 23.7. The average Bonchev–Trinajstić information content (AvgIpc) is 3.56. The number of aliphatic imine (C=N–C) groups is 1. The van der Waals surface area contributed by atoms with Crippen molar-refractivity contribution in [3.05, 3.63) is 59.3 Å². The highest BCUT2D eigenvalue weighted by atomic mass is 32.2. The number of amidine groups is 1. The number of nitrogens with zero attached hydrogens (tertiary/aromatic N) is 2. The largest absolute Gasteiger partial charge is 0.454 e. The molecule has 0 radical (unpaired) electrons. The van der Waals surface area contributed by atoms with Crippen molar-refractivity contribution in [3.8, 4) is 11.5 Å². The quantitative estimate of drug-likeness (QED) is 0.634. The minimum absolute atomic E-state index is 0.0240. The number of thioether (sulfide) groups is 1. The van der Waals surface area contributed by atoms with Gasteiger partial charge in [-0.15, -0.1) is 0 Å². The summed E-state index contributed by atoms with van der Waals surface area (Å²) in [4.78, 5) is 32.5. The second-order valence-corrected chi connectivity index (χ2v) is 10.1. The molecule has 2 amide bonds. The highest BCUT2D eigenvalue weighted by Crippen LogP contribution is 2.35. The van der Waals surface area contributed by atoms with E-state index in [1.807, 2.05) is 56.3 Å². The Morgan fingerprint density at radius 2 is 1.88 bits per heavy atom. The normalized spacial score (nSPS) is 19.6. The molecule has 7 nitrogen and oxygen atoms in total. The molecular weight excluding hydrogens is 450 g/mol. The Hall–Kier alpha value is -3.26. The van der Waals surface area contributed by atoms with Crippen molar-refractivity contribution in [3.63, 3.8) is 0 Å². The predicted octanol–water partition coefficient (Wildman–Crippen LogP) is 4.65. The Labute approximate surface area is 203 Å². The first-order valence-corrected chi connectivity index (χ1v) is 12.4. The minimum Gasteiger partial charge on any atom is -0.454 e. The molecule has 2 aliphatic heterocycles. The number of carbonyl (C=O) groups excluding carboxylic acids is 2. The Kier molecular flexibility index (Phi) is 6.32. The van der Waals surface area contributed by atoms with E-state index in [0.29, 0.717) is 22.4 Å². The van der Waals surface area contributed by atoms with Gasteiger partial charge in [0.1, 0.15) is 5.70 Å². The summed E-state index contributed by atoms with van der Waals surface area (Å²) in [7, 11) is 0. The van der Waals surface area contributed by atoms with Crippen LogP contribution in [0.25, 0.3) is 6.08 Å². The summed E-state index contributed by atoms with van der Waals surface area (Å²) in [5.74, 6) is 1.07. The Morgan fingerprint density at radius 3 is 2.65 bits per heavy atom. The van der Waals surface area contributed by atoms with Gasteiger partial charge in [0.25, 0.3) is 5.91 Å². The van der Waals surface area contributed by atoms with Crippen LogP contribution in [-0.2, 0) is 9.59 Å². The molecule has 176 valence electrons. The number of benzene rings is 2. The molecule has 5 rings (SSSR count). The van der Waals surface area contributed by atoms with Gasteiger partial charge in [-0.25, -0.2) is 4.99 Å². The van der Waals surface area contributed by atoms with Crippen LogP contribution in [0, 0.1) is 6.92 Å². The number of anilines is 1. The third-order valence-electron chi connectivity index (χ3n) is 6.17. The van der Waals surface area contributed by atoms with Gasteiger partial charge in [-0.1, -0.05) is 48.4 Å². The summed E-state index contributed by atoms with van der Waals surface area (Å²) in [6.45, 7) is 4.05. The standard InChI is InChI=1S/C26H27N3O4S/c1-16-7-10-20(11-8-16)29-25(31)21(13-18-9-12-22-23(14-18)33-15-32-22)28-26(29)34-17(2)24(30)27-19-5-3-4-6-19/h7-14,17,19H,3-6,15H2,1-2H3,(H,27,30)/b21-13-/t17-/m0/s1. The van der Waals surface area contributed by atoms with Crippen LogP contribution >= 0.6 is 11.8 Å². The number of ether oxygens (including phenoxy) is 2. The summed E-state index contributed by atoms with van der Waals surface area (Å²) in [5, 5.41) is 3.25. The van der Waals surface area contributed by atoms with E-state index in [0.717, 1.165) is 42.5 Å². The maximum Gasteiger partial charge on any atom is 0.283 e. The number of hydrogen-bond donors (Lipinski definition) is 1. The lowest BCUT2D eigenvalue weighted by atomic mass is 10.1. The molecule has 2 heterocycles. The molecule has 0 bridgehead atoms. The molecule has 8 heteroatoms. The van der Waals surface area contributed by atoms with Gasteiger partial charge >= 0.3 is 0 Å². The van der Waals surface area contributed by atoms with Crippen molar-refractivity contribution in [1.82, 2.24) is 5.32 Å². The van der Waals surface area contributed by atoms with Gasteiger partial charge in [-0.05, 0) is 62.6 Å². The van der Waals surface area contributed by atoms with Crippen LogP contribution < -0.4 is 19.7 Å². The molecule has 0 saturated heterocycles. The fourth-order valence-corrected chi connectivity index (χ4v) is 5.19. The maximum absolute atomic E-state index is 13.4. The van der Waals surface area contributed by atoms with Crippen LogP contribution in [0.2, 0.25) is 0 Å². The molecule has 1 aliphatic carbocycles. The van der Waals surface area contributed by atoms with Crippen molar-refractivity contribution in [2.24, 2.45) is 4.99 Å². The van der Waals surface area contributed by atoms with Crippen LogP contribution in [-0.4, -0.2) is 35.1 Å². The monoisotopic (exact) mass is 477 g/mol. The average molecular weight is 478 g/mol. The number of nitrogens with one attached hydrogen (secondary N) is 1. The molecule has 0 spiro atoms. The van der Waals surface area contributed by atoms with Crippen molar-refractivity contribution < 1.29 is 19.1 Å². The van der Waals surface area contributed by atoms with Crippen LogP contribution in [0.5, 0.6) is 11.5 Å². The Morgan fingerprint density at radius 1 is 1.15 bits per heavy atom. The first kappa shape index (κ1) is 22.5. The van der Waals surface area contributed by atoms with Crippen LogP contribution in [0.1, 0.15) is 43.7 Å². The van der Waals surface area contributed by atoms with E-state index in [9.17, 15) is 9.59 Å². The second kappa shape index (κ2) is 9.54. The summed E-state index contributed by atoms with van der Waals surface area (Å²) in [5.41, 5.74) is 2.92. The highest BCUT2D eigenvalue weighted by molar-refractivity contribution is 8.15. The highest BCUT2D eigenvalue weighted by Gasteiger charge is 2.34. The van der Waals surface area contributed by atoms with Crippen molar-refractivity contribution in [2.75, 3.05) is 11.7 Å². The maximum atomic E-state index is 13.4. The van der Waals surface area contributed by atoms with Gasteiger partial charge in [0.05, 0.1) is 10.9 Å². The summed E-state index contributed by atoms with van der Waals surface area (Å²) in [6, 6.07) is 13.5. The van der Waals surface area contributed by atoms with E-state index in [2.05, 4.69) is 10.3 Å². The fourth-order valence-electron chi connectivity index (χ4n) is 4.26. The third kappa shape index (κ3) is 4.68. The van der Waals surface area contributed by atoms with Gasteiger partial charge in [-0.3, -0.25) is 14.5 Å². The molecule has 34 heavy (non-hydrogen) atoms. The molecule has 0 aromatic heterocycles. The lowest BCUT2D eigenvalue weighted by Gasteiger charge is -2.21. The molecule has 1 N–H and O–H groups in total. The number of hydrogen-bond acceptors (Lipinski definition) is 6. The van der Waals surface area contributed by atoms with Crippen LogP contribution in [0.4, 0.5) is 5.69 Å². The van der Waals surface area contributed by atoms with E-state index in [1.165, 1.54) is 11.8 Å². The SMILES string of the molecule is Cc1ccc(N2C(=O)/C(=C/c3ccc4c(c3)OCO4)N=C2S[C@@H](C)C(=O)NC2CCCC2)cc1. The van der Waals surface area contributed by atoms with E-state index in [1.54, 1.807) is 11.0 Å². The molecule has 2 aromatic rings. The molecule has 3 aliphatic rings. The first-order chi connectivity index (χ1) is 16.5. The van der Waals surface area contributed by atoms with Gasteiger partial charge in [-0.2, -0.15) is 0 Å². The van der Waals surface area contributed by atoms with E-state index >= 15 is 0 Å². The molecule has 1 atom stereocenters. The number of rotatable bonds is 5. The number of aryl methyl sites for hydroxylation is 1. The fraction of sp³-hybridized carbons (Fsp3) is 0.346. The van der Waals surface area contributed by atoms with Crippen molar-refractivity contribution in [2.45, 2.75) is 50.8 Å². The lowest BCUT2D eigenvalue weighted by molar-refractivity contribution is -0.121. The van der Waals surface area contributed by atoms with Crippen LogP contribution in [0.3, 0.4) is 0 Å². The van der Waals surface area contributed by atoms with Gasteiger partial charge in [0.2, 0.25) is 12.7 Å². The molecule has 1 saturated carbocycles. The summed E-state index contributed by atoms with van der Waals surface area (Å²) >= 11 is 1.30. The summed E-state index contributed by atoms with van der Waals surface area (Å²) < 4.78 is 10.8. The van der Waals surface area contributed by atoms with Gasteiger partial charge in [0, 0.05) is 6.04 Å². The summed E-state index contributed by atoms with van der Waals surface area (Å²) in [6.07, 6.45) is 6.11. The van der Waals surface area contributed by atoms with Gasteiger partial charge in [0.15, 0.2) is 16.7 Å². The third-order valence-corrected chi connectivity index (χ3v) is 7.23. The molecule has 2 aromatic carbocycles. The molecule has 1 fully saturated rings. The Balaban J connectivity index is 1.42. The molecular formula is C26H27N3O4S. The Bertz CT molecular complexity index is 1170. The number of amides is 2. The first-order valence-electron chi connectivity index (χ1n) is 11.6. The lowest BCUT2D eigenvalue weighted by Crippen LogP contribution is -2.39. The van der Waals surface area contributed by atoms with Crippen molar-refractivity contribution >= 4 is 40.5 Å². The second-order valence-electron chi connectivity index (χ2n) is 8.76. The topological polar surface area (TPSA) is 80.2 Å². The van der Waals surface area contributed by atoms with E-state index < -0.39 is 0 Å². The van der Waals surface area contributed by atoms with Crippen LogP contribution in [0.15, 0.2) is 53.2 Å². The van der Waals surface area contributed by atoms with E-state index in [-0.39, 0.29) is 29.9 Å². The smallest absolute Gasteiger partial charge is 0.283 e. The zero-order valence-electron chi connectivity index (χ0n) is 19.2. The number of carbonyl (C=O) groups is 2. The predicted molar refractivity (Wildman–Crippen MR) is 134 cm³/mol. The minimum atomic E-state index is -0.384. The van der Waals surface area contributed by atoms with Crippen molar-refractivity contribution in [1.29, 1.82) is 0 Å². The molecule has 0 unspecified atom stereocenters. The van der Waals surface area contributed by atoms with E-state index in [4.69, 9.17) is 9.47 Å².